The first-order valence-electron chi connectivity index (χ1n) is 5.99. The summed E-state index contributed by atoms with van der Waals surface area (Å²) < 4.78 is 0. The van der Waals surface area contributed by atoms with Crippen molar-refractivity contribution < 1.29 is 0 Å². The second-order valence-corrected chi connectivity index (χ2v) is 5.56. The Morgan fingerprint density at radius 2 is 1.72 bits per heavy atom. The topological polar surface area (TPSA) is 28.7 Å². The standard InChI is InChI=1S/C15H14N2S/c1-11(12-7-3-2-4-8-12)18-15-16-13-9-5-6-10-14(13)17-15/h2-11H,1H3,(H,16,17). The fraction of sp³-hybridized carbons (Fsp3) is 0.133. The van der Waals surface area contributed by atoms with E-state index in [4.69, 9.17) is 0 Å². The molecule has 18 heavy (non-hydrogen) atoms. The molecule has 0 spiro atoms. The van der Waals surface area contributed by atoms with E-state index in [9.17, 15) is 0 Å². The zero-order chi connectivity index (χ0) is 12.4. The molecule has 2 nitrogen and oxygen atoms in total. The van der Waals surface area contributed by atoms with Gasteiger partial charge in [0.05, 0.1) is 11.0 Å². The molecular weight excluding hydrogens is 240 g/mol. The fourth-order valence-electron chi connectivity index (χ4n) is 1.94. The largest absolute Gasteiger partial charge is 0.333 e. The van der Waals surface area contributed by atoms with Crippen LogP contribution in [0.2, 0.25) is 0 Å². The molecule has 0 aliphatic carbocycles. The van der Waals surface area contributed by atoms with E-state index in [0.29, 0.717) is 5.25 Å². The van der Waals surface area contributed by atoms with Gasteiger partial charge in [-0.15, -0.1) is 0 Å². The van der Waals surface area contributed by atoms with Crippen molar-refractivity contribution in [1.82, 2.24) is 9.97 Å². The Labute approximate surface area is 110 Å². The zero-order valence-electron chi connectivity index (χ0n) is 10.1. The number of benzene rings is 2. The number of para-hydroxylation sites is 2. The first-order chi connectivity index (χ1) is 8.83. The predicted molar refractivity (Wildman–Crippen MR) is 76.8 cm³/mol. The van der Waals surface area contributed by atoms with Crippen molar-refractivity contribution in [3.63, 3.8) is 0 Å². The zero-order valence-corrected chi connectivity index (χ0v) is 10.9. The van der Waals surface area contributed by atoms with E-state index in [1.807, 2.05) is 24.3 Å². The summed E-state index contributed by atoms with van der Waals surface area (Å²) in [4.78, 5) is 7.93. The van der Waals surface area contributed by atoms with Crippen LogP contribution in [-0.2, 0) is 0 Å². The molecule has 0 fully saturated rings. The van der Waals surface area contributed by atoms with Crippen LogP contribution < -0.4 is 0 Å². The predicted octanol–water partition coefficient (Wildman–Crippen LogP) is 4.42. The number of hydrogen-bond acceptors (Lipinski definition) is 2. The summed E-state index contributed by atoms with van der Waals surface area (Å²) in [7, 11) is 0. The first-order valence-corrected chi connectivity index (χ1v) is 6.87. The highest BCUT2D eigenvalue weighted by molar-refractivity contribution is 7.99. The number of H-pyrrole nitrogens is 1. The van der Waals surface area contributed by atoms with Gasteiger partial charge in [0.1, 0.15) is 0 Å². The van der Waals surface area contributed by atoms with Crippen molar-refractivity contribution >= 4 is 22.8 Å². The van der Waals surface area contributed by atoms with E-state index in [1.165, 1.54) is 5.56 Å². The highest BCUT2D eigenvalue weighted by Crippen LogP contribution is 2.33. The SMILES string of the molecule is CC(Sc1nc2ccccc2[nH]1)c1ccccc1. The Kier molecular flexibility index (Phi) is 3.07. The number of nitrogens with one attached hydrogen (secondary N) is 1. The number of thioether (sulfide) groups is 1. The number of fused-ring (bicyclic) bond motifs is 1. The summed E-state index contributed by atoms with van der Waals surface area (Å²) in [5, 5.41) is 1.37. The number of nitrogens with zero attached hydrogens (tertiary/aromatic N) is 1. The van der Waals surface area contributed by atoms with Crippen molar-refractivity contribution in [3.05, 3.63) is 60.2 Å². The Morgan fingerprint density at radius 1 is 1.00 bits per heavy atom. The Balaban J connectivity index is 1.84. The minimum absolute atomic E-state index is 0.395. The van der Waals surface area contributed by atoms with Crippen LogP contribution in [0.25, 0.3) is 11.0 Å². The van der Waals surface area contributed by atoms with Gasteiger partial charge in [-0.05, 0) is 24.6 Å². The Hall–Kier alpha value is -1.74. The molecule has 1 aromatic heterocycles. The van der Waals surface area contributed by atoms with Crippen LogP contribution in [0, 0.1) is 0 Å². The van der Waals surface area contributed by atoms with E-state index < -0.39 is 0 Å². The fourth-order valence-corrected chi connectivity index (χ4v) is 2.89. The molecule has 3 aromatic rings. The molecule has 1 N–H and O–H groups in total. The molecule has 0 bridgehead atoms. The molecule has 0 aliphatic heterocycles. The summed E-state index contributed by atoms with van der Waals surface area (Å²) in [6.07, 6.45) is 0. The van der Waals surface area contributed by atoms with Crippen molar-refractivity contribution in [2.75, 3.05) is 0 Å². The van der Waals surface area contributed by atoms with Crippen LogP contribution in [-0.4, -0.2) is 9.97 Å². The van der Waals surface area contributed by atoms with Crippen LogP contribution in [0.4, 0.5) is 0 Å². The monoisotopic (exact) mass is 254 g/mol. The molecular formula is C15H14N2S. The molecule has 0 saturated carbocycles. The maximum Gasteiger partial charge on any atom is 0.166 e. The Bertz CT molecular complexity index is 613. The molecule has 1 atom stereocenters. The van der Waals surface area contributed by atoms with Gasteiger partial charge in [-0.2, -0.15) is 0 Å². The lowest BCUT2D eigenvalue weighted by atomic mass is 10.2. The van der Waals surface area contributed by atoms with Crippen molar-refractivity contribution in [1.29, 1.82) is 0 Å². The number of rotatable bonds is 3. The molecule has 2 aromatic carbocycles. The van der Waals surface area contributed by atoms with Gasteiger partial charge in [0.15, 0.2) is 5.16 Å². The van der Waals surface area contributed by atoms with Crippen molar-refractivity contribution in [2.24, 2.45) is 0 Å². The average Bonchev–Trinajstić information content (AvgIpc) is 2.82. The molecule has 0 saturated heterocycles. The first kappa shape index (κ1) is 11.4. The lowest BCUT2D eigenvalue weighted by Crippen LogP contribution is -1.88. The van der Waals surface area contributed by atoms with Crippen LogP contribution >= 0.6 is 11.8 Å². The molecule has 0 amide bonds. The van der Waals surface area contributed by atoms with Crippen molar-refractivity contribution in [2.45, 2.75) is 17.3 Å². The van der Waals surface area contributed by atoms with E-state index in [1.54, 1.807) is 11.8 Å². The van der Waals surface area contributed by atoms with Gasteiger partial charge >= 0.3 is 0 Å². The quantitative estimate of drug-likeness (QED) is 0.701. The molecule has 3 heteroatoms. The normalized spacial score (nSPS) is 12.7. The summed E-state index contributed by atoms with van der Waals surface area (Å²) in [5.74, 6) is 0. The molecule has 0 radical (unpaired) electrons. The van der Waals surface area contributed by atoms with Gasteiger partial charge in [-0.3, -0.25) is 0 Å². The smallest absolute Gasteiger partial charge is 0.166 e. The average molecular weight is 254 g/mol. The van der Waals surface area contributed by atoms with Gasteiger partial charge in [0.25, 0.3) is 0 Å². The van der Waals surface area contributed by atoms with Crippen LogP contribution in [0.3, 0.4) is 0 Å². The third-order valence-corrected chi connectivity index (χ3v) is 3.97. The molecule has 1 unspecified atom stereocenters. The van der Waals surface area contributed by atoms with E-state index >= 15 is 0 Å². The maximum absolute atomic E-state index is 4.59. The summed E-state index contributed by atoms with van der Waals surface area (Å²) in [6.45, 7) is 2.20. The Morgan fingerprint density at radius 3 is 2.50 bits per heavy atom. The third-order valence-electron chi connectivity index (χ3n) is 2.93. The minimum atomic E-state index is 0.395. The van der Waals surface area contributed by atoms with Gasteiger partial charge in [-0.1, -0.05) is 54.2 Å². The number of aromatic amines is 1. The number of imidazole rings is 1. The summed E-state index contributed by atoms with van der Waals surface area (Å²) in [5.41, 5.74) is 3.45. The van der Waals surface area contributed by atoms with Crippen molar-refractivity contribution in [3.8, 4) is 0 Å². The molecule has 90 valence electrons. The number of aromatic nitrogens is 2. The second kappa shape index (κ2) is 4.86. The molecule has 1 heterocycles. The van der Waals surface area contributed by atoms with Gasteiger partial charge in [0.2, 0.25) is 0 Å². The van der Waals surface area contributed by atoms with Gasteiger partial charge < -0.3 is 4.98 Å². The second-order valence-electron chi connectivity index (χ2n) is 4.23. The van der Waals surface area contributed by atoms with Crippen LogP contribution in [0.15, 0.2) is 59.8 Å². The van der Waals surface area contributed by atoms with E-state index in [-0.39, 0.29) is 0 Å². The van der Waals surface area contributed by atoms with E-state index in [2.05, 4.69) is 47.2 Å². The lowest BCUT2D eigenvalue weighted by molar-refractivity contribution is 1.03. The van der Waals surface area contributed by atoms with Gasteiger partial charge in [0, 0.05) is 5.25 Å². The molecule has 3 rings (SSSR count). The summed E-state index contributed by atoms with van der Waals surface area (Å²) in [6, 6.07) is 18.6. The van der Waals surface area contributed by atoms with Crippen LogP contribution in [0.1, 0.15) is 17.7 Å². The van der Waals surface area contributed by atoms with Gasteiger partial charge in [-0.25, -0.2) is 4.98 Å². The number of hydrogen-bond donors (Lipinski definition) is 1. The highest BCUT2D eigenvalue weighted by Gasteiger charge is 2.10. The van der Waals surface area contributed by atoms with E-state index in [0.717, 1.165) is 16.2 Å². The third kappa shape index (κ3) is 2.27. The highest BCUT2D eigenvalue weighted by atomic mass is 32.2. The minimum Gasteiger partial charge on any atom is -0.333 e. The summed E-state index contributed by atoms with van der Waals surface area (Å²) >= 11 is 1.76. The lowest BCUT2D eigenvalue weighted by Gasteiger charge is -2.08. The molecule has 0 aliphatic rings. The maximum atomic E-state index is 4.59. The van der Waals surface area contributed by atoms with Crippen LogP contribution in [0.5, 0.6) is 0 Å².